The average molecular weight is 250 g/mol. The van der Waals surface area contributed by atoms with Crippen molar-refractivity contribution in [3.8, 4) is 6.07 Å². The third-order valence-corrected chi connectivity index (χ3v) is 3.50. The second-order valence-corrected chi connectivity index (χ2v) is 4.94. The third kappa shape index (κ3) is 2.91. The number of nitrogens with one attached hydrogen (secondary N) is 1. The molecular weight excluding hydrogens is 234 g/mol. The second kappa shape index (κ2) is 5.39. The van der Waals surface area contributed by atoms with Crippen LogP contribution in [0, 0.1) is 11.3 Å². The summed E-state index contributed by atoms with van der Waals surface area (Å²) in [6, 6.07) is 7.91. The molecule has 3 nitrogen and oxygen atoms in total. The summed E-state index contributed by atoms with van der Waals surface area (Å²) in [5.74, 6) is 0. The second-order valence-electron chi connectivity index (χ2n) is 4.50. The molecule has 2 rings (SSSR count). The van der Waals surface area contributed by atoms with Gasteiger partial charge in [0.15, 0.2) is 0 Å². The summed E-state index contributed by atoms with van der Waals surface area (Å²) in [5.41, 5.74) is 7.49. The van der Waals surface area contributed by atoms with Crippen LogP contribution in [-0.4, -0.2) is 12.1 Å². The minimum Gasteiger partial charge on any atom is -0.380 e. The van der Waals surface area contributed by atoms with Gasteiger partial charge in [-0.3, -0.25) is 0 Å². The number of halogens is 1. The summed E-state index contributed by atoms with van der Waals surface area (Å²) in [6.45, 7) is 0. The fourth-order valence-corrected chi connectivity index (χ4v) is 2.45. The van der Waals surface area contributed by atoms with Crippen molar-refractivity contribution in [2.45, 2.75) is 37.8 Å². The number of nitrogens with zero attached hydrogens (tertiary/aromatic N) is 1. The van der Waals surface area contributed by atoms with Crippen molar-refractivity contribution in [2.24, 2.45) is 5.73 Å². The van der Waals surface area contributed by atoms with Crippen LogP contribution in [0.5, 0.6) is 0 Å². The van der Waals surface area contributed by atoms with Crippen molar-refractivity contribution in [2.75, 3.05) is 5.32 Å². The van der Waals surface area contributed by atoms with Crippen LogP contribution in [0.2, 0.25) is 5.02 Å². The van der Waals surface area contributed by atoms with Gasteiger partial charge in [0.1, 0.15) is 6.07 Å². The number of hydrogen-bond acceptors (Lipinski definition) is 3. The van der Waals surface area contributed by atoms with Gasteiger partial charge >= 0.3 is 0 Å². The Kier molecular flexibility index (Phi) is 3.88. The summed E-state index contributed by atoms with van der Waals surface area (Å²) in [5, 5.41) is 13.0. The molecule has 0 heterocycles. The van der Waals surface area contributed by atoms with E-state index in [1.54, 1.807) is 12.1 Å². The number of nitriles is 1. The predicted octanol–water partition coefficient (Wildman–Crippen LogP) is 2.89. The largest absolute Gasteiger partial charge is 0.380 e. The molecule has 1 aliphatic carbocycles. The normalized spacial score (nSPS) is 24.1. The molecule has 2 atom stereocenters. The van der Waals surface area contributed by atoms with Gasteiger partial charge in [-0.05, 0) is 31.0 Å². The van der Waals surface area contributed by atoms with Gasteiger partial charge in [-0.2, -0.15) is 5.26 Å². The number of nitrogens with two attached hydrogens (primary N) is 1. The van der Waals surface area contributed by atoms with E-state index in [2.05, 4.69) is 11.4 Å². The highest BCUT2D eigenvalue weighted by atomic mass is 35.5. The zero-order chi connectivity index (χ0) is 12.3. The average Bonchev–Trinajstić information content (AvgIpc) is 2.34. The maximum absolute atomic E-state index is 9.06. The zero-order valence-electron chi connectivity index (χ0n) is 9.62. The van der Waals surface area contributed by atoms with Gasteiger partial charge in [0.2, 0.25) is 0 Å². The molecule has 1 fully saturated rings. The molecule has 17 heavy (non-hydrogen) atoms. The van der Waals surface area contributed by atoms with Gasteiger partial charge in [0.05, 0.1) is 11.3 Å². The van der Waals surface area contributed by atoms with Crippen LogP contribution >= 0.6 is 11.6 Å². The van der Waals surface area contributed by atoms with Crippen molar-refractivity contribution in [3.05, 3.63) is 28.8 Å². The fraction of sp³-hybridized carbons (Fsp3) is 0.462. The quantitative estimate of drug-likeness (QED) is 0.847. The highest BCUT2D eigenvalue weighted by Gasteiger charge is 2.22. The maximum atomic E-state index is 9.06. The zero-order valence-corrected chi connectivity index (χ0v) is 10.4. The molecule has 90 valence electrons. The van der Waals surface area contributed by atoms with Crippen LogP contribution < -0.4 is 11.1 Å². The smallest absolute Gasteiger partial charge is 0.101 e. The van der Waals surface area contributed by atoms with Crippen LogP contribution in [0.15, 0.2) is 18.2 Å². The molecule has 0 unspecified atom stereocenters. The van der Waals surface area contributed by atoms with Gasteiger partial charge in [0, 0.05) is 17.1 Å². The summed E-state index contributed by atoms with van der Waals surface area (Å²) in [7, 11) is 0. The number of rotatable bonds is 2. The Morgan fingerprint density at radius 3 is 2.82 bits per heavy atom. The predicted molar refractivity (Wildman–Crippen MR) is 70.0 cm³/mol. The topological polar surface area (TPSA) is 61.8 Å². The highest BCUT2D eigenvalue weighted by Crippen LogP contribution is 2.25. The first-order chi connectivity index (χ1) is 8.20. The lowest BCUT2D eigenvalue weighted by molar-refractivity contribution is 0.404. The number of anilines is 1. The number of hydrogen-bond donors (Lipinski definition) is 2. The number of benzene rings is 1. The SMILES string of the molecule is N#Cc1cc(Cl)ccc1N[C@@H]1CCCC[C@H]1N. The van der Waals surface area contributed by atoms with Gasteiger partial charge in [-0.25, -0.2) is 0 Å². The van der Waals surface area contributed by atoms with Crippen LogP contribution in [0.4, 0.5) is 5.69 Å². The standard InChI is InChI=1S/C13H16ClN3/c14-10-5-6-12(9(7-10)8-15)17-13-4-2-1-3-11(13)16/h5-7,11,13,17H,1-4,16H2/t11-,13-/m1/s1. The highest BCUT2D eigenvalue weighted by molar-refractivity contribution is 6.30. The summed E-state index contributed by atoms with van der Waals surface area (Å²) >= 11 is 5.86. The molecule has 0 aromatic heterocycles. The molecule has 3 N–H and O–H groups in total. The van der Waals surface area contributed by atoms with E-state index in [1.165, 1.54) is 12.8 Å². The van der Waals surface area contributed by atoms with E-state index in [9.17, 15) is 0 Å². The molecule has 0 spiro atoms. The molecule has 0 saturated heterocycles. The van der Waals surface area contributed by atoms with Crippen LogP contribution in [0.3, 0.4) is 0 Å². The van der Waals surface area contributed by atoms with Crippen LogP contribution in [0.25, 0.3) is 0 Å². The van der Waals surface area contributed by atoms with Gasteiger partial charge in [-0.1, -0.05) is 24.4 Å². The lowest BCUT2D eigenvalue weighted by atomic mass is 9.90. The monoisotopic (exact) mass is 249 g/mol. The Labute approximate surface area is 107 Å². The van der Waals surface area contributed by atoms with Crippen LogP contribution in [0.1, 0.15) is 31.2 Å². The first-order valence-corrected chi connectivity index (χ1v) is 6.30. The maximum Gasteiger partial charge on any atom is 0.101 e. The van der Waals surface area contributed by atoms with Crippen LogP contribution in [-0.2, 0) is 0 Å². The molecule has 1 aromatic rings. The van der Waals surface area contributed by atoms with Crippen molar-refractivity contribution in [1.82, 2.24) is 0 Å². The van der Waals surface area contributed by atoms with Gasteiger partial charge in [-0.15, -0.1) is 0 Å². The first-order valence-electron chi connectivity index (χ1n) is 5.92. The van der Waals surface area contributed by atoms with E-state index < -0.39 is 0 Å². The third-order valence-electron chi connectivity index (χ3n) is 3.26. The summed E-state index contributed by atoms with van der Waals surface area (Å²) < 4.78 is 0. The van der Waals surface area contributed by atoms with E-state index in [0.29, 0.717) is 10.6 Å². The molecule has 0 amide bonds. The van der Waals surface area contributed by atoms with Crippen molar-refractivity contribution < 1.29 is 0 Å². The van der Waals surface area contributed by atoms with E-state index in [1.807, 2.05) is 6.07 Å². The molecular formula is C13H16ClN3. The summed E-state index contributed by atoms with van der Waals surface area (Å²) in [6.07, 6.45) is 4.51. The fourth-order valence-electron chi connectivity index (χ4n) is 2.27. The first kappa shape index (κ1) is 12.2. The Hall–Kier alpha value is -1.24. The molecule has 0 aliphatic heterocycles. The van der Waals surface area contributed by atoms with E-state index in [0.717, 1.165) is 18.5 Å². The van der Waals surface area contributed by atoms with Gasteiger partial charge in [0.25, 0.3) is 0 Å². The minimum atomic E-state index is 0.172. The van der Waals surface area contributed by atoms with Crippen molar-refractivity contribution in [3.63, 3.8) is 0 Å². The molecule has 0 bridgehead atoms. The molecule has 1 saturated carbocycles. The molecule has 4 heteroatoms. The molecule has 1 aliphatic rings. The van der Waals surface area contributed by atoms with Crippen molar-refractivity contribution >= 4 is 17.3 Å². The molecule has 0 radical (unpaired) electrons. The van der Waals surface area contributed by atoms with E-state index >= 15 is 0 Å². The lowest BCUT2D eigenvalue weighted by Gasteiger charge is -2.30. The van der Waals surface area contributed by atoms with Crippen molar-refractivity contribution in [1.29, 1.82) is 5.26 Å². The Balaban J connectivity index is 2.15. The molecule has 1 aromatic carbocycles. The van der Waals surface area contributed by atoms with E-state index in [4.69, 9.17) is 22.6 Å². The summed E-state index contributed by atoms with van der Waals surface area (Å²) in [4.78, 5) is 0. The Bertz CT molecular complexity index is 439. The van der Waals surface area contributed by atoms with Gasteiger partial charge < -0.3 is 11.1 Å². The Morgan fingerprint density at radius 1 is 1.35 bits per heavy atom. The lowest BCUT2D eigenvalue weighted by Crippen LogP contribution is -2.42. The Morgan fingerprint density at radius 2 is 2.12 bits per heavy atom. The minimum absolute atomic E-state index is 0.172. The van der Waals surface area contributed by atoms with E-state index in [-0.39, 0.29) is 12.1 Å².